The molecule has 0 aromatic carbocycles. The number of piperidine rings is 1. The Morgan fingerprint density at radius 1 is 1.11 bits per heavy atom. The molecule has 0 amide bonds. The molecule has 3 aliphatic carbocycles. The van der Waals surface area contributed by atoms with Crippen molar-refractivity contribution in [2.24, 2.45) is 40.9 Å². The third kappa shape index (κ3) is 4.38. The minimum absolute atomic E-state index is 0.132. The first-order chi connectivity index (χ1) is 17.8. The highest BCUT2D eigenvalue weighted by atomic mass is 32.2. The zero-order chi connectivity index (χ0) is 27.2. The predicted octanol–water partition coefficient (Wildman–Crippen LogP) is 4.99. The summed E-state index contributed by atoms with van der Waals surface area (Å²) in [7, 11) is -3.13. The van der Waals surface area contributed by atoms with Crippen molar-refractivity contribution in [2.75, 3.05) is 32.1 Å². The molecule has 0 aromatic heterocycles. The van der Waals surface area contributed by atoms with Crippen molar-refractivity contribution in [1.29, 1.82) is 0 Å². The number of allylic oxidation sites excluding steroid dienone is 1. The third-order valence-corrected chi connectivity index (χ3v) is 14.9. The second-order valence-electron chi connectivity index (χ2n) is 14.4. The quantitative estimate of drug-likeness (QED) is 0.348. The largest absolute Gasteiger partial charge is 0.598 e. The fourth-order valence-electron chi connectivity index (χ4n) is 10.5. The van der Waals surface area contributed by atoms with Gasteiger partial charge in [-0.1, -0.05) is 31.9 Å². The van der Waals surface area contributed by atoms with Gasteiger partial charge >= 0.3 is 0 Å². The molecule has 2 unspecified atom stereocenters. The van der Waals surface area contributed by atoms with Crippen molar-refractivity contribution in [2.45, 2.75) is 103 Å². The van der Waals surface area contributed by atoms with Crippen molar-refractivity contribution >= 4 is 21.4 Å². The van der Waals surface area contributed by atoms with Crippen molar-refractivity contribution in [3.63, 3.8) is 0 Å². The molecule has 8 heteroatoms. The maximum Gasteiger partial charge on any atom is 0.211 e. The van der Waals surface area contributed by atoms with Gasteiger partial charge in [0, 0.05) is 36.9 Å². The first kappa shape index (κ1) is 28.0. The maximum absolute atomic E-state index is 12.7. The molecule has 2 saturated carbocycles. The van der Waals surface area contributed by atoms with Gasteiger partial charge in [-0.05, 0) is 99.7 Å². The average molecular weight is 567 g/mol. The van der Waals surface area contributed by atoms with Crippen LogP contribution in [0.3, 0.4) is 0 Å². The predicted molar refractivity (Wildman–Crippen MR) is 153 cm³/mol. The van der Waals surface area contributed by atoms with Crippen LogP contribution < -0.4 is 0 Å². The number of ether oxygens (including phenoxy) is 1. The van der Waals surface area contributed by atoms with Gasteiger partial charge in [0.25, 0.3) is 0 Å². The van der Waals surface area contributed by atoms with Crippen molar-refractivity contribution in [1.82, 2.24) is 8.61 Å². The van der Waals surface area contributed by atoms with Gasteiger partial charge in [-0.25, -0.2) is 12.7 Å². The summed E-state index contributed by atoms with van der Waals surface area (Å²) in [6.07, 6.45) is 13.6. The van der Waals surface area contributed by atoms with Crippen LogP contribution in [0.2, 0.25) is 0 Å². The van der Waals surface area contributed by atoms with Gasteiger partial charge in [-0.2, -0.15) is 0 Å². The molecule has 216 valence electrons. The Balaban J connectivity index is 1.26. The van der Waals surface area contributed by atoms with E-state index in [0.717, 1.165) is 44.6 Å². The SMILES string of the molecule is CC1=C2C[C@H]3[C@@H](CC[C@@H]4CCN(S(C)(=O)=O)CC[C@@]43C)[C@@H]2CC[C@@]2(C1)O[C@@H]1C[C@H](C)CN([S+](C)[O-])C1[C@H]2C. The van der Waals surface area contributed by atoms with E-state index in [2.05, 4.69) is 32.0 Å². The molecule has 3 aliphatic heterocycles. The molecule has 0 bridgehead atoms. The highest BCUT2D eigenvalue weighted by Crippen LogP contribution is 2.64. The van der Waals surface area contributed by atoms with E-state index in [0.29, 0.717) is 42.7 Å². The standard InChI is InChI=1S/C30H50N2O4S2/c1-19-15-27-28(32(18-19)37(5)33)21(3)30(36-27)11-9-23-24-8-7-22-10-13-31(38(6,34)35)14-12-29(22,4)26(24)16-25(23)20(2)17-30/h19,21-24,26-28H,7-18H2,1-6H3/t19-,21+,22+,23-,24-,26-,27+,28?,29-,30-,37?/m0/s1. The van der Waals surface area contributed by atoms with Crippen molar-refractivity contribution < 1.29 is 17.7 Å². The molecule has 11 atom stereocenters. The molecule has 38 heavy (non-hydrogen) atoms. The summed E-state index contributed by atoms with van der Waals surface area (Å²) in [6.45, 7) is 11.9. The molecule has 6 nitrogen and oxygen atoms in total. The maximum atomic E-state index is 12.7. The number of hydrogen-bond donors (Lipinski definition) is 0. The summed E-state index contributed by atoms with van der Waals surface area (Å²) in [5.41, 5.74) is 3.38. The van der Waals surface area contributed by atoms with Crippen molar-refractivity contribution in [3.05, 3.63) is 11.1 Å². The lowest BCUT2D eigenvalue weighted by atomic mass is 9.55. The summed E-state index contributed by atoms with van der Waals surface area (Å²) in [6, 6.07) is 0.263. The van der Waals surface area contributed by atoms with E-state index in [4.69, 9.17) is 4.74 Å². The zero-order valence-electron chi connectivity index (χ0n) is 24.4. The summed E-state index contributed by atoms with van der Waals surface area (Å²) in [4.78, 5) is 0. The first-order valence-electron chi connectivity index (χ1n) is 15.3. The Hall–Kier alpha value is -0.120. The molecule has 0 N–H and O–H groups in total. The van der Waals surface area contributed by atoms with E-state index < -0.39 is 21.4 Å². The second-order valence-corrected chi connectivity index (χ2v) is 17.7. The van der Waals surface area contributed by atoms with Crippen LogP contribution in [-0.4, -0.2) is 71.5 Å². The van der Waals surface area contributed by atoms with Gasteiger partial charge < -0.3 is 9.29 Å². The van der Waals surface area contributed by atoms with Crippen LogP contribution in [0.4, 0.5) is 0 Å². The minimum Gasteiger partial charge on any atom is -0.598 e. The fraction of sp³-hybridized carbons (Fsp3) is 0.933. The average Bonchev–Trinajstić information content (AvgIpc) is 3.20. The van der Waals surface area contributed by atoms with Gasteiger partial charge in [-0.15, -0.1) is 4.31 Å². The molecule has 0 radical (unpaired) electrons. The van der Waals surface area contributed by atoms with Crippen LogP contribution in [-0.2, 0) is 26.1 Å². The molecule has 3 saturated heterocycles. The molecule has 1 spiro atoms. The van der Waals surface area contributed by atoms with Crippen molar-refractivity contribution in [3.8, 4) is 0 Å². The Kier molecular flexibility index (Phi) is 7.17. The van der Waals surface area contributed by atoms with E-state index in [1.54, 1.807) is 15.5 Å². The van der Waals surface area contributed by atoms with Crippen LogP contribution in [0, 0.1) is 40.9 Å². The number of fused-ring (bicyclic) bond motifs is 6. The Morgan fingerprint density at radius 2 is 1.87 bits per heavy atom. The molecule has 6 rings (SSSR count). The topological polar surface area (TPSA) is 72.9 Å². The van der Waals surface area contributed by atoms with E-state index in [1.807, 2.05) is 6.26 Å². The van der Waals surface area contributed by atoms with Crippen LogP contribution >= 0.6 is 0 Å². The normalized spacial score (nSPS) is 49.1. The number of hydrogen-bond acceptors (Lipinski definition) is 5. The summed E-state index contributed by atoms with van der Waals surface area (Å²) in [5.74, 6) is 3.58. The monoisotopic (exact) mass is 566 g/mol. The number of rotatable bonds is 2. The number of sulfonamides is 1. The Bertz CT molecular complexity index is 1080. The second kappa shape index (κ2) is 9.72. The third-order valence-electron chi connectivity index (χ3n) is 12.5. The lowest BCUT2D eigenvalue weighted by Gasteiger charge is -2.49. The van der Waals surface area contributed by atoms with Crippen LogP contribution in [0.25, 0.3) is 0 Å². The lowest BCUT2D eigenvalue weighted by Crippen LogP contribution is -2.53. The smallest absolute Gasteiger partial charge is 0.211 e. The van der Waals surface area contributed by atoms with E-state index in [9.17, 15) is 13.0 Å². The zero-order valence-corrected chi connectivity index (χ0v) is 26.1. The Labute approximate surface area is 234 Å². The van der Waals surface area contributed by atoms with E-state index in [1.165, 1.54) is 31.9 Å². The molecule has 6 aliphatic rings. The molecular formula is C30H50N2O4S2. The van der Waals surface area contributed by atoms with Crippen LogP contribution in [0.1, 0.15) is 85.5 Å². The van der Waals surface area contributed by atoms with Gasteiger partial charge in [0.1, 0.15) is 6.26 Å². The molecular weight excluding hydrogens is 516 g/mol. The van der Waals surface area contributed by atoms with E-state index in [-0.39, 0.29) is 23.2 Å². The molecule has 5 fully saturated rings. The number of nitrogens with zero attached hydrogens (tertiary/aromatic N) is 2. The summed E-state index contributed by atoms with van der Waals surface area (Å²) >= 11 is -0.967. The Morgan fingerprint density at radius 3 is 2.58 bits per heavy atom. The van der Waals surface area contributed by atoms with E-state index >= 15 is 0 Å². The van der Waals surface area contributed by atoms with Gasteiger partial charge in [-0.3, -0.25) is 0 Å². The highest BCUT2D eigenvalue weighted by molar-refractivity contribution is 7.88. The minimum atomic E-state index is -3.13. The first-order valence-corrected chi connectivity index (χ1v) is 18.6. The van der Waals surface area contributed by atoms with Gasteiger partial charge in [0.05, 0.1) is 24.0 Å². The lowest BCUT2D eigenvalue weighted by molar-refractivity contribution is -0.0762. The van der Waals surface area contributed by atoms with Gasteiger partial charge in [0.2, 0.25) is 10.0 Å². The van der Waals surface area contributed by atoms with Crippen LogP contribution in [0.15, 0.2) is 11.1 Å². The highest BCUT2D eigenvalue weighted by Gasteiger charge is 2.61. The van der Waals surface area contributed by atoms with Crippen LogP contribution in [0.5, 0.6) is 0 Å². The molecule has 3 heterocycles. The van der Waals surface area contributed by atoms with Gasteiger partial charge in [0.15, 0.2) is 0 Å². The summed E-state index contributed by atoms with van der Waals surface area (Å²) < 4.78 is 48.6. The molecule has 0 aromatic rings. The fourth-order valence-corrected chi connectivity index (χ4v) is 12.5. The summed E-state index contributed by atoms with van der Waals surface area (Å²) in [5, 5.41) is 0.